The third-order valence-electron chi connectivity index (χ3n) is 4.41. The minimum absolute atomic E-state index is 0.00608. The molecule has 2 aromatic heterocycles. The lowest BCUT2D eigenvalue weighted by Crippen LogP contribution is -2.13. The molecule has 1 N–H and O–H groups in total. The molecular weight excluding hydrogens is 438 g/mol. The van der Waals surface area contributed by atoms with E-state index in [0.29, 0.717) is 11.3 Å². The number of nitrogens with one attached hydrogen (secondary N) is 1. The minimum Gasteiger partial charge on any atom is -0.497 e. The van der Waals surface area contributed by atoms with Gasteiger partial charge in [0.1, 0.15) is 17.4 Å². The predicted molar refractivity (Wildman–Crippen MR) is 117 cm³/mol. The number of hydrogen-bond donors (Lipinski definition) is 1. The van der Waals surface area contributed by atoms with Gasteiger partial charge in [-0.25, -0.2) is 8.42 Å². The van der Waals surface area contributed by atoms with E-state index in [1.165, 1.54) is 6.08 Å². The quantitative estimate of drug-likeness (QED) is 0.445. The minimum atomic E-state index is -3.59. The highest BCUT2D eigenvalue weighted by Gasteiger charge is 2.18. The summed E-state index contributed by atoms with van der Waals surface area (Å²) in [6.07, 6.45) is 2.45. The van der Waals surface area contributed by atoms with Crippen LogP contribution in [0.2, 0.25) is 0 Å². The van der Waals surface area contributed by atoms with Crippen molar-refractivity contribution in [1.82, 2.24) is 13.9 Å². The SMILES string of the molecule is COc1cccc(-n2c(C)cc(/C=C(/C#N)C(=O)Nc3nc(S(C)(=O)=O)ns3)c2C)c1. The first kappa shape index (κ1) is 22.2. The van der Waals surface area contributed by atoms with Crippen LogP contribution in [0.5, 0.6) is 5.75 Å². The van der Waals surface area contributed by atoms with Crippen molar-refractivity contribution in [3.63, 3.8) is 0 Å². The molecule has 31 heavy (non-hydrogen) atoms. The Hall–Kier alpha value is -3.49. The summed E-state index contributed by atoms with van der Waals surface area (Å²) in [6, 6.07) is 11.3. The van der Waals surface area contributed by atoms with Gasteiger partial charge in [0.2, 0.25) is 15.0 Å². The number of benzene rings is 1. The molecule has 0 radical (unpaired) electrons. The zero-order valence-corrected chi connectivity index (χ0v) is 18.8. The first-order chi connectivity index (χ1) is 14.6. The van der Waals surface area contributed by atoms with E-state index in [1.807, 2.05) is 54.8 Å². The number of amides is 1. The molecule has 0 aliphatic carbocycles. The molecule has 0 saturated carbocycles. The summed E-state index contributed by atoms with van der Waals surface area (Å²) >= 11 is 0.725. The maximum atomic E-state index is 12.5. The van der Waals surface area contributed by atoms with E-state index in [4.69, 9.17) is 4.74 Å². The molecule has 0 fully saturated rings. The Labute approximate surface area is 183 Å². The molecule has 160 valence electrons. The smallest absolute Gasteiger partial charge is 0.268 e. The molecule has 0 bridgehead atoms. The topological polar surface area (TPSA) is 127 Å². The lowest BCUT2D eigenvalue weighted by molar-refractivity contribution is -0.112. The average Bonchev–Trinajstić information content (AvgIpc) is 3.30. The van der Waals surface area contributed by atoms with Gasteiger partial charge in [0, 0.05) is 40.9 Å². The number of rotatable bonds is 6. The largest absolute Gasteiger partial charge is 0.497 e. The van der Waals surface area contributed by atoms with E-state index in [9.17, 15) is 18.5 Å². The third-order valence-corrected chi connectivity index (χ3v) is 6.00. The van der Waals surface area contributed by atoms with Crippen LogP contribution >= 0.6 is 11.5 Å². The van der Waals surface area contributed by atoms with Crippen LogP contribution in [0.3, 0.4) is 0 Å². The second-order valence-corrected chi connectivity index (χ2v) is 9.30. The normalized spacial score (nSPS) is 11.8. The molecule has 2 heterocycles. The molecule has 0 aliphatic rings. The van der Waals surface area contributed by atoms with Crippen molar-refractivity contribution in [3.05, 3.63) is 52.9 Å². The number of carbonyl (C=O) groups excluding carboxylic acids is 1. The second-order valence-electron chi connectivity index (χ2n) is 6.64. The van der Waals surface area contributed by atoms with Crippen molar-refractivity contribution < 1.29 is 17.9 Å². The van der Waals surface area contributed by atoms with Crippen LogP contribution < -0.4 is 10.1 Å². The molecule has 0 unspecified atom stereocenters. The second kappa shape index (κ2) is 8.71. The fraction of sp³-hybridized carbons (Fsp3) is 0.200. The van der Waals surface area contributed by atoms with Gasteiger partial charge in [-0.05, 0) is 43.7 Å². The van der Waals surface area contributed by atoms with Crippen LogP contribution in [0, 0.1) is 25.2 Å². The molecule has 0 spiro atoms. The summed E-state index contributed by atoms with van der Waals surface area (Å²) in [5, 5.41) is 11.5. The summed E-state index contributed by atoms with van der Waals surface area (Å²) < 4.78 is 33.9. The van der Waals surface area contributed by atoms with Gasteiger partial charge in [-0.15, -0.1) is 0 Å². The summed E-state index contributed by atoms with van der Waals surface area (Å²) in [4.78, 5) is 16.3. The summed E-state index contributed by atoms with van der Waals surface area (Å²) in [7, 11) is -1.99. The van der Waals surface area contributed by atoms with Crippen molar-refractivity contribution in [2.45, 2.75) is 19.0 Å². The number of nitrogens with zero attached hydrogens (tertiary/aromatic N) is 4. The number of sulfone groups is 1. The highest BCUT2D eigenvalue weighted by molar-refractivity contribution is 7.90. The Morgan fingerprint density at radius 2 is 2.06 bits per heavy atom. The van der Waals surface area contributed by atoms with Crippen LogP contribution in [0.15, 0.2) is 41.1 Å². The zero-order chi connectivity index (χ0) is 22.8. The van der Waals surface area contributed by atoms with E-state index in [2.05, 4.69) is 14.7 Å². The summed E-state index contributed by atoms with van der Waals surface area (Å²) in [5.74, 6) is 0.00888. The summed E-state index contributed by atoms with van der Waals surface area (Å²) in [5.41, 5.74) is 3.18. The monoisotopic (exact) mass is 457 g/mol. The Balaban J connectivity index is 1.91. The maximum absolute atomic E-state index is 12.5. The predicted octanol–water partition coefficient (Wildman–Crippen LogP) is 2.90. The molecule has 11 heteroatoms. The molecule has 9 nitrogen and oxygen atoms in total. The Morgan fingerprint density at radius 1 is 1.32 bits per heavy atom. The summed E-state index contributed by atoms with van der Waals surface area (Å²) in [6.45, 7) is 3.80. The lowest BCUT2D eigenvalue weighted by atomic mass is 10.1. The lowest BCUT2D eigenvalue weighted by Gasteiger charge is -2.11. The van der Waals surface area contributed by atoms with Gasteiger partial charge in [-0.3, -0.25) is 10.1 Å². The van der Waals surface area contributed by atoms with E-state index in [0.717, 1.165) is 34.9 Å². The van der Waals surface area contributed by atoms with Crippen molar-refractivity contribution in [2.75, 3.05) is 18.7 Å². The van der Waals surface area contributed by atoms with Crippen molar-refractivity contribution in [3.8, 4) is 17.5 Å². The highest BCUT2D eigenvalue weighted by Crippen LogP contribution is 2.25. The number of carbonyl (C=O) groups is 1. The third kappa shape index (κ3) is 4.82. The maximum Gasteiger partial charge on any atom is 0.268 e. The van der Waals surface area contributed by atoms with Crippen LogP contribution in [-0.2, 0) is 14.6 Å². The fourth-order valence-corrected chi connectivity index (χ4v) is 4.40. The Bertz CT molecular complexity index is 1330. The van der Waals surface area contributed by atoms with Gasteiger partial charge < -0.3 is 9.30 Å². The van der Waals surface area contributed by atoms with Crippen molar-refractivity contribution >= 4 is 38.5 Å². The van der Waals surface area contributed by atoms with Gasteiger partial charge in [0.15, 0.2) is 0 Å². The highest BCUT2D eigenvalue weighted by atomic mass is 32.2. The van der Waals surface area contributed by atoms with Crippen LogP contribution in [0.25, 0.3) is 11.8 Å². The van der Waals surface area contributed by atoms with Crippen LogP contribution in [0.1, 0.15) is 17.0 Å². The van der Waals surface area contributed by atoms with Crippen LogP contribution in [-0.4, -0.2) is 41.6 Å². The molecule has 0 aliphatic heterocycles. The molecule has 1 amide bonds. The van der Waals surface area contributed by atoms with Gasteiger partial charge in [-0.2, -0.15) is 14.6 Å². The average molecular weight is 458 g/mol. The van der Waals surface area contributed by atoms with Gasteiger partial charge in [0.25, 0.3) is 11.1 Å². The van der Waals surface area contributed by atoms with Gasteiger partial charge in [0.05, 0.1) is 7.11 Å². The first-order valence-electron chi connectivity index (χ1n) is 8.94. The standard InChI is InChI=1S/C20H19N5O4S2/c1-12-8-14(13(2)25(12)16-6-5-7-17(10-16)29-3)9-15(11-21)18(26)22-19-23-20(24-30-19)31(4,27)28/h5-10H,1-4H3,(H,22,23,24,26)/b15-9-. The molecule has 3 rings (SSSR count). The molecular formula is C20H19N5O4S2. The van der Waals surface area contributed by atoms with Crippen molar-refractivity contribution in [1.29, 1.82) is 5.26 Å². The van der Waals surface area contributed by atoms with Gasteiger partial charge >= 0.3 is 0 Å². The van der Waals surface area contributed by atoms with Crippen LogP contribution in [0.4, 0.5) is 5.13 Å². The van der Waals surface area contributed by atoms with E-state index < -0.39 is 15.7 Å². The number of anilines is 1. The van der Waals surface area contributed by atoms with E-state index in [1.54, 1.807) is 7.11 Å². The number of nitriles is 1. The number of methoxy groups -OCH3 is 1. The number of hydrogen-bond acceptors (Lipinski definition) is 8. The Morgan fingerprint density at radius 3 is 2.68 bits per heavy atom. The number of aryl methyl sites for hydroxylation is 1. The fourth-order valence-electron chi connectivity index (χ4n) is 2.96. The van der Waals surface area contributed by atoms with E-state index in [-0.39, 0.29) is 15.9 Å². The van der Waals surface area contributed by atoms with Crippen molar-refractivity contribution in [2.24, 2.45) is 0 Å². The van der Waals surface area contributed by atoms with E-state index >= 15 is 0 Å². The molecule has 1 aromatic carbocycles. The number of ether oxygens (including phenoxy) is 1. The number of aromatic nitrogens is 3. The zero-order valence-electron chi connectivity index (χ0n) is 17.2. The van der Waals surface area contributed by atoms with Gasteiger partial charge in [-0.1, -0.05) is 6.07 Å². The first-order valence-corrected chi connectivity index (χ1v) is 11.6. The molecule has 0 saturated heterocycles. The molecule has 3 aromatic rings. The Kier molecular flexibility index (Phi) is 6.24. The molecule has 0 atom stereocenters.